The van der Waals surface area contributed by atoms with Gasteiger partial charge in [0.25, 0.3) is 0 Å². The fraction of sp³-hybridized carbons (Fsp3) is 0.368. The number of hydrogen-bond donors (Lipinski definition) is 3. The van der Waals surface area contributed by atoms with E-state index in [1.807, 2.05) is 30.3 Å². The number of pyridine rings is 1. The topological polar surface area (TPSA) is 108 Å². The monoisotopic (exact) mass is 357 g/mol. The van der Waals surface area contributed by atoms with Crippen molar-refractivity contribution in [2.75, 3.05) is 0 Å². The first-order valence-electron chi connectivity index (χ1n) is 8.43. The number of carboxylic acids is 1. The predicted molar refractivity (Wildman–Crippen MR) is 97.5 cm³/mol. The van der Waals surface area contributed by atoms with Crippen LogP contribution in [0.2, 0.25) is 0 Å². The van der Waals surface area contributed by atoms with E-state index in [0.29, 0.717) is 5.69 Å². The Labute approximate surface area is 151 Å². The Balaban J connectivity index is 2.15. The average molecular weight is 357 g/mol. The highest BCUT2D eigenvalue weighted by molar-refractivity contribution is 5.90. The minimum atomic E-state index is -1.15. The van der Waals surface area contributed by atoms with Gasteiger partial charge in [-0.2, -0.15) is 0 Å². The van der Waals surface area contributed by atoms with Gasteiger partial charge in [-0.05, 0) is 18.1 Å². The fourth-order valence-electron chi connectivity index (χ4n) is 2.65. The smallest absolute Gasteiger partial charge is 0.326 e. The van der Waals surface area contributed by atoms with Crippen molar-refractivity contribution in [1.29, 1.82) is 0 Å². The molecule has 3 N–H and O–H groups in total. The van der Waals surface area contributed by atoms with Crippen LogP contribution in [0.5, 0.6) is 0 Å². The SMILES string of the molecule is CC(=O)N[C@@H](C(=O)N[C@@H](Cc1ccc2ccccc2n1)C(=O)O)C(C)C. The number of aliphatic carboxylic acids is 1. The van der Waals surface area contributed by atoms with Crippen LogP contribution < -0.4 is 10.6 Å². The van der Waals surface area contributed by atoms with E-state index in [-0.39, 0.29) is 18.2 Å². The molecule has 7 heteroatoms. The van der Waals surface area contributed by atoms with E-state index in [1.54, 1.807) is 19.9 Å². The van der Waals surface area contributed by atoms with E-state index in [4.69, 9.17) is 0 Å². The molecule has 2 aromatic rings. The zero-order chi connectivity index (χ0) is 19.3. The summed E-state index contributed by atoms with van der Waals surface area (Å²) in [6.45, 7) is 4.87. The molecule has 138 valence electrons. The van der Waals surface area contributed by atoms with Crippen LogP contribution in [0, 0.1) is 5.92 Å². The number of hydrogen-bond acceptors (Lipinski definition) is 4. The number of fused-ring (bicyclic) bond motifs is 1. The standard InChI is InChI=1S/C19H23N3O4/c1-11(2)17(20-12(3)23)18(24)22-16(19(25)26)10-14-9-8-13-6-4-5-7-15(13)21-14/h4-9,11,16-17H,10H2,1-3H3,(H,20,23)(H,22,24)(H,25,26)/t16-,17+/m0/s1. The summed E-state index contributed by atoms with van der Waals surface area (Å²) in [4.78, 5) is 39.7. The highest BCUT2D eigenvalue weighted by atomic mass is 16.4. The highest BCUT2D eigenvalue weighted by Crippen LogP contribution is 2.13. The number of carbonyl (C=O) groups excluding carboxylic acids is 2. The lowest BCUT2D eigenvalue weighted by molar-refractivity contribution is -0.142. The maximum absolute atomic E-state index is 12.4. The van der Waals surface area contributed by atoms with Gasteiger partial charge in [-0.25, -0.2) is 4.79 Å². The zero-order valence-corrected chi connectivity index (χ0v) is 15.0. The summed E-state index contributed by atoms with van der Waals surface area (Å²) in [6, 6.07) is 9.21. The second-order valence-corrected chi connectivity index (χ2v) is 6.52. The number of amides is 2. The molecule has 2 atom stereocenters. The van der Waals surface area contributed by atoms with E-state index < -0.39 is 24.0 Å². The van der Waals surface area contributed by atoms with Crippen molar-refractivity contribution in [2.24, 2.45) is 5.92 Å². The number of aromatic nitrogens is 1. The number of benzene rings is 1. The normalized spacial score (nSPS) is 13.2. The van der Waals surface area contributed by atoms with Crippen LogP contribution in [0.15, 0.2) is 36.4 Å². The molecule has 0 spiro atoms. The molecule has 0 radical (unpaired) electrons. The van der Waals surface area contributed by atoms with Gasteiger partial charge >= 0.3 is 5.97 Å². The van der Waals surface area contributed by atoms with Gasteiger partial charge in [0.15, 0.2) is 0 Å². The first-order valence-corrected chi connectivity index (χ1v) is 8.43. The van der Waals surface area contributed by atoms with Crippen molar-refractivity contribution >= 4 is 28.7 Å². The van der Waals surface area contributed by atoms with Crippen LogP contribution >= 0.6 is 0 Å². The molecule has 2 rings (SSSR count). The summed E-state index contributed by atoms with van der Waals surface area (Å²) >= 11 is 0. The Morgan fingerprint density at radius 1 is 1.08 bits per heavy atom. The highest BCUT2D eigenvalue weighted by Gasteiger charge is 2.28. The molecular weight excluding hydrogens is 334 g/mol. The molecule has 26 heavy (non-hydrogen) atoms. The van der Waals surface area contributed by atoms with Crippen molar-refractivity contribution in [1.82, 2.24) is 15.6 Å². The third-order valence-corrected chi connectivity index (χ3v) is 3.99. The number of nitrogens with zero attached hydrogens (tertiary/aromatic N) is 1. The van der Waals surface area contributed by atoms with Gasteiger partial charge in [-0.3, -0.25) is 14.6 Å². The average Bonchev–Trinajstić information content (AvgIpc) is 2.58. The van der Waals surface area contributed by atoms with Crippen molar-refractivity contribution in [3.8, 4) is 0 Å². The van der Waals surface area contributed by atoms with Crippen molar-refractivity contribution < 1.29 is 19.5 Å². The second-order valence-electron chi connectivity index (χ2n) is 6.52. The van der Waals surface area contributed by atoms with Crippen LogP contribution in [0.3, 0.4) is 0 Å². The van der Waals surface area contributed by atoms with Gasteiger partial charge in [0.2, 0.25) is 11.8 Å². The van der Waals surface area contributed by atoms with E-state index in [0.717, 1.165) is 10.9 Å². The lowest BCUT2D eigenvalue weighted by Crippen LogP contribution is -2.53. The quantitative estimate of drug-likeness (QED) is 0.696. The lowest BCUT2D eigenvalue weighted by Gasteiger charge is -2.23. The number of carboxylic acid groups (broad SMARTS) is 1. The molecular formula is C19H23N3O4. The van der Waals surface area contributed by atoms with Gasteiger partial charge in [0.1, 0.15) is 12.1 Å². The molecule has 1 aromatic heterocycles. The van der Waals surface area contributed by atoms with Gasteiger partial charge in [0, 0.05) is 24.4 Å². The van der Waals surface area contributed by atoms with E-state index in [2.05, 4.69) is 15.6 Å². The fourth-order valence-corrected chi connectivity index (χ4v) is 2.65. The van der Waals surface area contributed by atoms with Crippen molar-refractivity contribution in [3.63, 3.8) is 0 Å². The Hall–Kier alpha value is -2.96. The summed E-state index contributed by atoms with van der Waals surface area (Å²) < 4.78 is 0. The largest absolute Gasteiger partial charge is 0.480 e. The molecule has 0 aliphatic rings. The van der Waals surface area contributed by atoms with Gasteiger partial charge in [-0.1, -0.05) is 38.1 Å². The number of rotatable bonds is 7. The Morgan fingerprint density at radius 2 is 1.77 bits per heavy atom. The lowest BCUT2D eigenvalue weighted by atomic mass is 10.0. The number of nitrogens with one attached hydrogen (secondary N) is 2. The first kappa shape index (κ1) is 19.4. The summed E-state index contributed by atoms with van der Waals surface area (Å²) in [5.74, 6) is -2.20. The molecule has 1 heterocycles. The number of para-hydroxylation sites is 1. The van der Waals surface area contributed by atoms with Crippen LogP contribution in [-0.2, 0) is 20.8 Å². The predicted octanol–water partition coefficient (Wildman–Crippen LogP) is 1.51. The van der Waals surface area contributed by atoms with Crippen LogP contribution in [0.1, 0.15) is 26.5 Å². The molecule has 0 saturated heterocycles. The van der Waals surface area contributed by atoms with E-state index in [1.165, 1.54) is 6.92 Å². The maximum atomic E-state index is 12.4. The molecule has 0 unspecified atom stereocenters. The maximum Gasteiger partial charge on any atom is 0.326 e. The van der Waals surface area contributed by atoms with Gasteiger partial charge < -0.3 is 15.7 Å². The molecule has 0 aliphatic carbocycles. The molecule has 0 saturated carbocycles. The van der Waals surface area contributed by atoms with Gasteiger partial charge in [0.05, 0.1) is 5.52 Å². The van der Waals surface area contributed by atoms with Crippen molar-refractivity contribution in [3.05, 3.63) is 42.1 Å². The Kier molecular flexibility index (Phi) is 6.27. The molecule has 2 amide bonds. The van der Waals surface area contributed by atoms with Crippen LogP contribution in [0.4, 0.5) is 0 Å². The summed E-state index contributed by atoms with van der Waals surface area (Å²) in [7, 11) is 0. The third-order valence-electron chi connectivity index (χ3n) is 3.99. The van der Waals surface area contributed by atoms with Crippen molar-refractivity contribution in [2.45, 2.75) is 39.3 Å². The third kappa shape index (κ3) is 5.02. The van der Waals surface area contributed by atoms with Gasteiger partial charge in [-0.15, -0.1) is 0 Å². The zero-order valence-electron chi connectivity index (χ0n) is 15.0. The Morgan fingerprint density at radius 3 is 2.38 bits per heavy atom. The summed E-state index contributed by atoms with van der Waals surface area (Å²) in [5, 5.41) is 15.5. The summed E-state index contributed by atoms with van der Waals surface area (Å²) in [6.07, 6.45) is 0.0524. The van der Waals surface area contributed by atoms with E-state index >= 15 is 0 Å². The molecule has 0 aliphatic heterocycles. The molecule has 7 nitrogen and oxygen atoms in total. The summed E-state index contributed by atoms with van der Waals surface area (Å²) in [5.41, 5.74) is 1.33. The minimum absolute atomic E-state index is 0.0524. The first-order chi connectivity index (χ1) is 12.3. The second kappa shape index (κ2) is 8.42. The molecule has 1 aromatic carbocycles. The molecule has 0 bridgehead atoms. The van der Waals surface area contributed by atoms with Crippen LogP contribution in [-0.4, -0.2) is 40.0 Å². The minimum Gasteiger partial charge on any atom is -0.480 e. The number of carbonyl (C=O) groups is 3. The Bertz CT molecular complexity index is 819. The molecule has 0 fully saturated rings. The van der Waals surface area contributed by atoms with Crippen LogP contribution in [0.25, 0.3) is 10.9 Å². The van der Waals surface area contributed by atoms with E-state index in [9.17, 15) is 19.5 Å².